The third-order valence-electron chi connectivity index (χ3n) is 6.07. The molecule has 0 amide bonds. The van der Waals surface area contributed by atoms with Crippen molar-refractivity contribution in [1.29, 1.82) is 0 Å². The molecular formula is C27H33N3O4S. The summed E-state index contributed by atoms with van der Waals surface area (Å²) in [6, 6.07) is 16.4. The van der Waals surface area contributed by atoms with Gasteiger partial charge in [0.2, 0.25) is 5.96 Å². The molecule has 2 aliphatic rings. The molecule has 0 radical (unpaired) electrons. The summed E-state index contributed by atoms with van der Waals surface area (Å²) in [5.74, 6) is 0.0776. The first-order valence-corrected chi connectivity index (χ1v) is 13.3. The van der Waals surface area contributed by atoms with E-state index in [-0.39, 0.29) is 29.4 Å². The largest absolute Gasteiger partial charge is 0.459 e. The number of carbonyl (C=O) groups excluding carboxylic acids is 1. The first-order valence-electron chi connectivity index (χ1n) is 11.9. The Balaban J connectivity index is 1.76. The minimum atomic E-state index is -4.01. The fourth-order valence-corrected chi connectivity index (χ4v) is 5.54. The van der Waals surface area contributed by atoms with Gasteiger partial charge in [-0.3, -0.25) is 4.79 Å². The maximum Gasteiger partial charge on any atom is 0.326 e. The van der Waals surface area contributed by atoms with Gasteiger partial charge < -0.3 is 14.5 Å². The van der Waals surface area contributed by atoms with Gasteiger partial charge in [-0.2, -0.15) is 8.42 Å². The molecule has 0 spiro atoms. The zero-order chi connectivity index (χ0) is 25.2. The van der Waals surface area contributed by atoms with Crippen molar-refractivity contribution in [1.82, 2.24) is 9.80 Å². The topological polar surface area (TPSA) is 79.3 Å². The Morgan fingerprint density at radius 2 is 1.77 bits per heavy atom. The van der Waals surface area contributed by atoms with Crippen LogP contribution in [0.4, 0.5) is 0 Å². The monoisotopic (exact) mass is 495 g/mol. The van der Waals surface area contributed by atoms with Gasteiger partial charge in [0.1, 0.15) is 12.1 Å². The fraction of sp³-hybridized carbons (Fsp3) is 0.407. The summed E-state index contributed by atoms with van der Waals surface area (Å²) < 4.78 is 36.7. The van der Waals surface area contributed by atoms with Gasteiger partial charge in [-0.05, 0) is 51.8 Å². The first kappa shape index (κ1) is 25.0. The summed E-state index contributed by atoms with van der Waals surface area (Å²) in [5.41, 5.74) is 1.35. The molecule has 186 valence electrons. The van der Waals surface area contributed by atoms with Crippen molar-refractivity contribution in [3.63, 3.8) is 0 Å². The van der Waals surface area contributed by atoms with Crippen molar-refractivity contribution in [2.75, 3.05) is 13.1 Å². The fourth-order valence-electron chi connectivity index (χ4n) is 4.52. The van der Waals surface area contributed by atoms with E-state index in [9.17, 15) is 13.2 Å². The van der Waals surface area contributed by atoms with Gasteiger partial charge in [-0.15, -0.1) is 4.40 Å². The normalized spacial score (nSPS) is 21.3. The van der Waals surface area contributed by atoms with Gasteiger partial charge in [0.05, 0.1) is 10.9 Å². The summed E-state index contributed by atoms with van der Waals surface area (Å²) in [5, 5.41) is 0. The highest BCUT2D eigenvalue weighted by Crippen LogP contribution is 2.32. The van der Waals surface area contributed by atoms with E-state index in [1.165, 1.54) is 0 Å². The Morgan fingerprint density at radius 3 is 2.43 bits per heavy atom. The third-order valence-corrected chi connectivity index (χ3v) is 7.34. The number of sulfonamides is 1. The predicted molar refractivity (Wildman–Crippen MR) is 136 cm³/mol. The van der Waals surface area contributed by atoms with Crippen LogP contribution in [0.5, 0.6) is 0 Å². The number of esters is 1. The number of carbonyl (C=O) groups is 1. The van der Waals surface area contributed by atoms with Crippen molar-refractivity contribution in [2.45, 2.75) is 57.2 Å². The third kappa shape index (κ3) is 6.11. The quantitative estimate of drug-likeness (QED) is 0.443. The zero-order valence-electron chi connectivity index (χ0n) is 20.7. The first-order chi connectivity index (χ1) is 16.5. The average Bonchev–Trinajstić information content (AvgIpc) is 3.24. The molecule has 1 aliphatic heterocycles. The average molecular weight is 496 g/mol. The standard InChI is InChI=1S/C27H33N3O4S/c1-20-13-15-23(16-14-20)35(32,33)28-26-29(17-21-9-6-5-7-10-21)18-22-11-8-12-24(22)30(26)19-25(31)34-27(2,3)4/h5-10,12-16,22,24H,11,17-19H2,1-4H3/b28-26-/t22-,24-/m0/s1. The van der Waals surface area contributed by atoms with Gasteiger partial charge >= 0.3 is 5.97 Å². The lowest BCUT2D eigenvalue weighted by atomic mass is 9.97. The van der Waals surface area contributed by atoms with E-state index >= 15 is 0 Å². The second-order valence-corrected chi connectivity index (χ2v) is 11.8. The van der Waals surface area contributed by atoms with Crippen LogP contribution in [-0.2, 0) is 26.1 Å². The van der Waals surface area contributed by atoms with Crippen molar-refractivity contribution < 1.29 is 17.9 Å². The van der Waals surface area contributed by atoms with E-state index in [0.717, 1.165) is 17.5 Å². The maximum absolute atomic E-state index is 13.4. The molecule has 7 nitrogen and oxygen atoms in total. The highest BCUT2D eigenvalue weighted by atomic mass is 32.2. The number of hydrogen-bond donors (Lipinski definition) is 0. The summed E-state index contributed by atoms with van der Waals surface area (Å²) >= 11 is 0. The Kier molecular flexibility index (Phi) is 7.03. The zero-order valence-corrected chi connectivity index (χ0v) is 21.5. The lowest BCUT2D eigenvalue weighted by Gasteiger charge is -2.45. The number of aryl methyl sites for hydroxylation is 1. The number of fused-ring (bicyclic) bond motifs is 1. The molecule has 1 saturated heterocycles. The summed E-state index contributed by atoms with van der Waals surface area (Å²) in [6.45, 7) is 8.39. The molecular weight excluding hydrogens is 462 g/mol. The van der Waals surface area contributed by atoms with Gasteiger partial charge in [0.25, 0.3) is 10.0 Å². The van der Waals surface area contributed by atoms with Gasteiger partial charge in [-0.25, -0.2) is 0 Å². The maximum atomic E-state index is 13.4. The molecule has 1 fully saturated rings. The van der Waals surface area contributed by atoms with Gasteiger partial charge in [-0.1, -0.05) is 60.2 Å². The molecule has 8 heteroatoms. The van der Waals surface area contributed by atoms with Gasteiger partial charge in [0.15, 0.2) is 0 Å². The summed E-state index contributed by atoms with van der Waals surface area (Å²) in [6.07, 6.45) is 5.00. The number of hydrogen-bond acceptors (Lipinski definition) is 4. The van der Waals surface area contributed by atoms with Crippen LogP contribution >= 0.6 is 0 Å². The molecule has 2 atom stereocenters. The Bertz CT molecular complexity index is 1220. The number of guanidine groups is 1. The van der Waals surface area contributed by atoms with Crippen LogP contribution in [0.2, 0.25) is 0 Å². The Morgan fingerprint density at radius 1 is 1.09 bits per heavy atom. The second-order valence-electron chi connectivity index (χ2n) is 10.2. The Labute approximate surface area is 208 Å². The van der Waals surface area contributed by atoms with Crippen molar-refractivity contribution in [3.05, 3.63) is 77.9 Å². The molecule has 0 N–H and O–H groups in total. The van der Waals surface area contributed by atoms with Crippen LogP contribution in [0.15, 0.2) is 76.0 Å². The van der Waals surface area contributed by atoms with Crippen molar-refractivity contribution in [3.8, 4) is 0 Å². The highest BCUT2D eigenvalue weighted by Gasteiger charge is 2.41. The molecule has 0 saturated carbocycles. The van der Waals surface area contributed by atoms with Crippen LogP contribution in [0.25, 0.3) is 0 Å². The van der Waals surface area contributed by atoms with E-state index in [4.69, 9.17) is 4.74 Å². The number of nitrogens with zero attached hydrogens (tertiary/aromatic N) is 3. The predicted octanol–water partition coefficient (Wildman–Crippen LogP) is 4.14. The number of ether oxygens (including phenoxy) is 1. The summed E-state index contributed by atoms with van der Waals surface area (Å²) in [4.78, 5) is 16.8. The van der Waals surface area contributed by atoms with Crippen molar-refractivity contribution in [2.24, 2.45) is 10.3 Å². The molecule has 0 bridgehead atoms. The lowest BCUT2D eigenvalue weighted by molar-refractivity contribution is -0.155. The number of allylic oxidation sites excluding steroid dienone is 1. The van der Waals surface area contributed by atoms with Crippen molar-refractivity contribution >= 4 is 22.0 Å². The molecule has 2 aromatic carbocycles. The molecule has 2 aromatic rings. The van der Waals surface area contributed by atoms with Crippen LogP contribution < -0.4 is 0 Å². The number of rotatable bonds is 6. The van der Waals surface area contributed by atoms with Crippen LogP contribution in [0.1, 0.15) is 38.3 Å². The molecule has 0 aromatic heterocycles. The molecule has 0 unspecified atom stereocenters. The SMILES string of the molecule is Cc1ccc(S(=O)(=O)/N=C2/N(Cc3ccccc3)C[C@@H]3CC=C[C@@H]3N2CC(=O)OC(C)(C)C)cc1. The minimum absolute atomic E-state index is 0.0870. The summed E-state index contributed by atoms with van der Waals surface area (Å²) in [7, 11) is -4.01. The molecule has 4 rings (SSSR count). The van der Waals surface area contributed by atoms with E-state index in [1.54, 1.807) is 29.2 Å². The van der Waals surface area contributed by atoms with E-state index in [2.05, 4.69) is 10.5 Å². The minimum Gasteiger partial charge on any atom is -0.459 e. The highest BCUT2D eigenvalue weighted by molar-refractivity contribution is 7.90. The lowest BCUT2D eigenvalue weighted by Crippen LogP contribution is -2.59. The second kappa shape index (κ2) is 9.85. The van der Waals surface area contributed by atoms with Crippen LogP contribution in [0.3, 0.4) is 0 Å². The molecule has 1 heterocycles. The molecule has 1 aliphatic carbocycles. The smallest absolute Gasteiger partial charge is 0.326 e. The van der Waals surface area contributed by atoms with E-state index in [1.807, 2.05) is 69.0 Å². The van der Waals surface area contributed by atoms with Gasteiger partial charge in [0, 0.05) is 19.0 Å². The van der Waals surface area contributed by atoms with E-state index < -0.39 is 21.6 Å². The number of benzene rings is 2. The van der Waals surface area contributed by atoms with E-state index in [0.29, 0.717) is 13.1 Å². The Hall–Kier alpha value is -3.13. The van der Waals surface area contributed by atoms with Crippen LogP contribution in [0, 0.1) is 12.8 Å². The molecule has 35 heavy (non-hydrogen) atoms. The van der Waals surface area contributed by atoms with Crippen LogP contribution in [-0.4, -0.2) is 54.9 Å².